The Hall–Kier alpha value is -0.700. The van der Waals surface area contributed by atoms with E-state index in [-0.39, 0.29) is 12.6 Å². The predicted molar refractivity (Wildman–Crippen MR) is 76.1 cm³/mol. The van der Waals surface area contributed by atoms with E-state index < -0.39 is 16.1 Å². The number of hydrogen-bond donors (Lipinski definition) is 2. The second-order valence-electron chi connectivity index (χ2n) is 5.48. The van der Waals surface area contributed by atoms with E-state index in [1.54, 1.807) is 0 Å². The summed E-state index contributed by atoms with van der Waals surface area (Å²) in [4.78, 5) is 11.2. The highest BCUT2D eigenvalue weighted by Crippen LogP contribution is 2.20. The average Bonchev–Trinajstić information content (AvgIpc) is 2.76. The Morgan fingerprint density at radius 1 is 1.25 bits per heavy atom. The van der Waals surface area contributed by atoms with Crippen molar-refractivity contribution in [3.8, 4) is 0 Å². The molecule has 20 heavy (non-hydrogen) atoms. The van der Waals surface area contributed by atoms with E-state index in [4.69, 9.17) is 5.73 Å². The van der Waals surface area contributed by atoms with Crippen LogP contribution in [0.1, 0.15) is 32.1 Å². The Balaban J connectivity index is 2.17. The van der Waals surface area contributed by atoms with Gasteiger partial charge in [-0.25, -0.2) is 0 Å². The number of carbonyl (C=O) groups excluding carboxylic acids is 1. The van der Waals surface area contributed by atoms with Crippen molar-refractivity contribution in [2.45, 2.75) is 38.1 Å². The summed E-state index contributed by atoms with van der Waals surface area (Å²) in [7, 11) is -3.60. The summed E-state index contributed by atoms with van der Waals surface area (Å²) < 4.78 is 28.4. The van der Waals surface area contributed by atoms with E-state index >= 15 is 0 Å². The van der Waals surface area contributed by atoms with Gasteiger partial charge in [0.25, 0.3) is 10.2 Å². The highest BCUT2D eigenvalue weighted by molar-refractivity contribution is 7.86. The Kier molecular flexibility index (Phi) is 5.36. The normalized spacial score (nSPS) is 25.8. The fourth-order valence-electron chi connectivity index (χ4n) is 2.86. The lowest BCUT2D eigenvalue weighted by Gasteiger charge is -2.32. The van der Waals surface area contributed by atoms with Crippen molar-refractivity contribution in [2.24, 2.45) is 5.73 Å². The topological polar surface area (TPSA) is 95.7 Å². The standard InChI is InChI=1S/C12H24N4O3S/c13-12(17)10-16(11-5-6-14-9-11)20(18,19)15-7-3-1-2-4-8-15/h11,14H,1-10H2,(H2,13,17). The minimum absolute atomic E-state index is 0.171. The highest BCUT2D eigenvalue weighted by Gasteiger charge is 2.37. The van der Waals surface area contributed by atoms with Gasteiger partial charge >= 0.3 is 0 Å². The monoisotopic (exact) mass is 304 g/mol. The smallest absolute Gasteiger partial charge is 0.282 e. The lowest BCUT2D eigenvalue weighted by molar-refractivity contribution is -0.118. The van der Waals surface area contributed by atoms with Crippen LogP contribution < -0.4 is 11.1 Å². The molecule has 1 unspecified atom stereocenters. The molecule has 3 N–H and O–H groups in total. The molecule has 2 aliphatic heterocycles. The van der Waals surface area contributed by atoms with Crippen LogP contribution in [0.5, 0.6) is 0 Å². The van der Waals surface area contributed by atoms with Crippen molar-refractivity contribution in [2.75, 3.05) is 32.7 Å². The van der Waals surface area contributed by atoms with E-state index in [0.717, 1.165) is 38.6 Å². The van der Waals surface area contributed by atoms with E-state index in [9.17, 15) is 13.2 Å². The number of rotatable bonds is 5. The second-order valence-corrected chi connectivity index (χ2v) is 7.36. The van der Waals surface area contributed by atoms with Gasteiger partial charge < -0.3 is 11.1 Å². The first-order valence-electron chi connectivity index (χ1n) is 7.28. The van der Waals surface area contributed by atoms with Crippen LogP contribution in [0.15, 0.2) is 0 Å². The van der Waals surface area contributed by atoms with Gasteiger partial charge in [0, 0.05) is 25.7 Å². The Morgan fingerprint density at radius 2 is 1.90 bits per heavy atom. The Labute approximate surface area is 120 Å². The van der Waals surface area contributed by atoms with Crippen LogP contribution in [0.25, 0.3) is 0 Å². The number of nitrogens with zero attached hydrogens (tertiary/aromatic N) is 2. The zero-order valence-electron chi connectivity index (χ0n) is 11.8. The number of nitrogens with one attached hydrogen (secondary N) is 1. The molecule has 2 aliphatic rings. The molecule has 0 bridgehead atoms. The number of primary amides is 1. The van der Waals surface area contributed by atoms with Crippen LogP contribution >= 0.6 is 0 Å². The highest BCUT2D eigenvalue weighted by atomic mass is 32.2. The summed E-state index contributed by atoms with van der Waals surface area (Å²) in [6.07, 6.45) is 4.61. The molecule has 2 heterocycles. The van der Waals surface area contributed by atoms with Crippen molar-refractivity contribution in [1.82, 2.24) is 13.9 Å². The molecular weight excluding hydrogens is 280 g/mol. The summed E-state index contributed by atoms with van der Waals surface area (Å²) in [6.45, 7) is 2.20. The molecule has 0 aromatic heterocycles. The Morgan fingerprint density at radius 3 is 2.40 bits per heavy atom. The van der Waals surface area contributed by atoms with E-state index in [2.05, 4.69) is 5.32 Å². The van der Waals surface area contributed by atoms with E-state index in [0.29, 0.717) is 19.6 Å². The SMILES string of the molecule is NC(=O)CN(C1CCNC1)S(=O)(=O)N1CCCCCC1. The molecule has 1 amide bonds. The van der Waals surface area contributed by atoms with Gasteiger partial charge in [-0.15, -0.1) is 0 Å². The number of amides is 1. The summed E-state index contributed by atoms with van der Waals surface area (Å²) >= 11 is 0. The number of nitrogens with two attached hydrogens (primary N) is 1. The first-order chi connectivity index (χ1) is 9.51. The minimum Gasteiger partial charge on any atom is -0.369 e. The maximum atomic E-state index is 12.8. The third-order valence-corrected chi connectivity index (χ3v) is 5.98. The van der Waals surface area contributed by atoms with Crippen molar-refractivity contribution in [1.29, 1.82) is 0 Å². The summed E-state index contributed by atoms with van der Waals surface area (Å²) in [5.74, 6) is -0.602. The van der Waals surface area contributed by atoms with E-state index in [1.807, 2.05) is 0 Å². The van der Waals surface area contributed by atoms with Gasteiger partial charge in [-0.05, 0) is 25.8 Å². The van der Waals surface area contributed by atoms with Crippen LogP contribution in [-0.2, 0) is 15.0 Å². The van der Waals surface area contributed by atoms with Gasteiger partial charge in [-0.1, -0.05) is 12.8 Å². The maximum absolute atomic E-state index is 12.8. The lowest BCUT2D eigenvalue weighted by Crippen LogP contribution is -2.52. The quantitative estimate of drug-likeness (QED) is 0.699. The minimum atomic E-state index is -3.60. The molecule has 0 radical (unpaired) electrons. The van der Waals surface area contributed by atoms with Crippen LogP contribution in [0, 0.1) is 0 Å². The van der Waals surface area contributed by atoms with Gasteiger partial charge in [0.05, 0.1) is 6.54 Å². The third kappa shape index (κ3) is 3.69. The average molecular weight is 304 g/mol. The van der Waals surface area contributed by atoms with Crippen LogP contribution in [0.3, 0.4) is 0 Å². The largest absolute Gasteiger partial charge is 0.369 e. The van der Waals surface area contributed by atoms with Crippen molar-refractivity contribution < 1.29 is 13.2 Å². The molecule has 2 rings (SSSR count). The van der Waals surface area contributed by atoms with Gasteiger partial charge in [0.2, 0.25) is 5.91 Å². The molecule has 0 spiro atoms. The van der Waals surface area contributed by atoms with Gasteiger partial charge in [-0.3, -0.25) is 4.79 Å². The molecule has 1 atom stereocenters. The van der Waals surface area contributed by atoms with Crippen molar-refractivity contribution in [3.63, 3.8) is 0 Å². The maximum Gasteiger partial charge on any atom is 0.282 e. The lowest BCUT2D eigenvalue weighted by atomic mass is 10.2. The second kappa shape index (κ2) is 6.84. The van der Waals surface area contributed by atoms with E-state index in [1.165, 1.54) is 8.61 Å². The molecular formula is C12H24N4O3S. The Bertz CT molecular complexity index is 426. The zero-order chi connectivity index (χ0) is 14.6. The molecule has 2 saturated heterocycles. The molecule has 0 aromatic rings. The zero-order valence-corrected chi connectivity index (χ0v) is 12.6. The summed E-state index contributed by atoms with van der Waals surface area (Å²) in [5.41, 5.74) is 5.23. The fraction of sp³-hybridized carbons (Fsp3) is 0.917. The summed E-state index contributed by atoms with van der Waals surface area (Å²) in [5, 5.41) is 3.14. The van der Waals surface area contributed by atoms with Crippen molar-refractivity contribution in [3.05, 3.63) is 0 Å². The van der Waals surface area contributed by atoms with Crippen LogP contribution in [0.2, 0.25) is 0 Å². The summed E-state index contributed by atoms with van der Waals surface area (Å²) in [6, 6.07) is -0.171. The molecule has 116 valence electrons. The van der Waals surface area contributed by atoms with Gasteiger partial charge in [-0.2, -0.15) is 17.0 Å². The van der Waals surface area contributed by atoms with Crippen LogP contribution in [-0.4, -0.2) is 61.7 Å². The first kappa shape index (κ1) is 15.7. The first-order valence-corrected chi connectivity index (χ1v) is 8.67. The molecule has 2 fully saturated rings. The fourth-order valence-corrected chi connectivity index (χ4v) is 4.72. The van der Waals surface area contributed by atoms with Gasteiger partial charge in [0.15, 0.2) is 0 Å². The van der Waals surface area contributed by atoms with Crippen molar-refractivity contribution >= 4 is 16.1 Å². The predicted octanol–water partition coefficient (Wildman–Crippen LogP) is -0.744. The third-order valence-electron chi connectivity index (χ3n) is 3.94. The molecule has 7 nitrogen and oxygen atoms in total. The van der Waals surface area contributed by atoms with Gasteiger partial charge in [0.1, 0.15) is 0 Å². The number of carbonyl (C=O) groups is 1. The molecule has 0 aromatic carbocycles. The molecule has 0 saturated carbocycles. The molecule has 8 heteroatoms. The molecule has 0 aliphatic carbocycles. The van der Waals surface area contributed by atoms with Crippen LogP contribution in [0.4, 0.5) is 0 Å². The number of hydrogen-bond acceptors (Lipinski definition) is 4.